The topological polar surface area (TPSA) is 60.9 Å². The Balaban J connectivity index is 2.23. The molecule has 0 aromatic heterocycles. The van der Waals surface area contributed by atoms with Gasteiger partial charge in [0.2, 0.25) is 5.91 Å². The molecule has 0 spiro atoms. The SMILES string of the molecule is CCN(CCC(=O)O)c1ccc2c(c1)CCC(=O)N2CCF. The molecule has 120 valence electrons. The number of benzene rings is 1. The smallest absolute Gasteiger partial charge is 0.305 e. The molecular formula is C16H21FN2O3. The van der Waals surface area contributed by atoms with Crippen molar-refractivity contribution in [2.45, 2.75) is 26.2 Å². The zero-order valence-electron chi connectivity index (χ0n) is 12.7. The van der Waals surface area contributed by atoms with Gasteiger partial charge in [-0.05, 0) is 37.1 Å². The van der Waals surface area contributed by atoms with E-state index < -0.39 is 12.6 Å². The van der Waals surface area contributed by atoms with Gasteiger partial charge < -0.3 is 14.9 Å². The van der Waals surface area contributed by atoms with Gasteiger partial charge in [0.25, 0.3) is 0 Å². The lowest BCUT2D eigenvalue weighted by Gasteiger charge is -2.30. The average Bonchev–Trinajstić information content (AvgIpc) is 2.50. The van der Waals surface area contributed by atoms with Gasteiger partial charge >= 0.3 is 5.97 Å². The molecule has 1 aliphatic rings. The molecule has 0 radical (unpaired) electrons. The maximum Gasteiger partial charge on any atom is 0.305 e. The second-order valence-corrected chi connectivity index (χ2v) is 5.27. The molecular weight excluding hydrogens is 287 g/mol. The summed E-state index contributed by atoms with van der Waals surface area (Å²) in [4.78, 5) is 26.1. The molecule has 22 heavy (non-hydrogen) atoms. The Labute approximate surface area is 129 Å². The van der Waals surface area contributed by atoms with Crippen molar-refractivity contribution in [1.29, 1.82) is 0 Å². The normalized spacial score (nSPS) is 13.9. The minimum absolute atomic E-state index is 0.0453. The number of hydrogen-bond donors (Lipinski definition) is 1. The molecule has 0 saturated heterocycles. The predicted molar refractivity (Wildman–Crippen MR) is 83.2 cm³/mol. The quantitative estimate of drug-likeness (QED) is 0.839. The fourth-order valence-corrected chi connectivity index (χ4v) is 2.77. The second kappa shape index (κ2) is 7.24. The minimum Gasteiger partial charge on any atom is -0.481 e. The minimum atomic E-state index is -0.823. The Kier molecular flexibility index (Phi) is 5.35. The Hall–Kier alpha value is -2.11. The number of aliphatic carboxylic acids is 1. The van der Waals surface area contributed by atoms with Crippen LogP contribution in [-0.4, -0.2) is 43.3 Å². The van der Waals surface area contributed by atoms with Crippen molar-refractivity contribution < 1.29 is 19.1 Å². The summed E-state index contributed by atoms with van der Waals surface area (Å²) in [7, 11) is 0. The molecule has 0 bridgehead atoms. The van der Waals surface area contributed by atoms with Crippen LogP contribution < -0.4 is 9.80 Å². The number of aryl methyl sites for hydroxylation is 1. The van der Waals surface area contributed by atoms with E-state index in [1.54, 1.807) is 0 Å². The lowest BCUT2D eigenvalue weighted by atomic mass is 10.00. The first-order chi connectivity index (χ1) is 10.6. The number of fused-ring (bicyclic) bond motifs is 1. The molecule has 6 heteroatoms. The van der Waals surface area contributed by atoms with Gasteiger partial charge in [0, 0.05) is 30.9 Å². The highest BCUT2D eigenvalue weighted by atomic mass is 19.1. The van der Waals surface area contributed by atoms with E-state index in [9.17, 15) is 14.0 Å². The van der Waals surface area contributed by atoms with Crippen molar-refractivity contribution >= 4 is 23.3 Å². The molecule has 5 nitrogen and oxygen atoms in total. The highest BCUT2D eigenvalue weighted by Gasteiger charge is 2.24. The van der Waals surface area contributed by atoms with Crippen molar-refractivity contribution in [2.75, 3.05) is 36.1 Å². The predicted octanol–water partition coefficient (Wildman–Crippen LogP) is 2.24. The highest BCUT2D eigenvalue weighted by Crippen LogP contribution is 2.31. The molecule has 1 heterocycles. The first kappa shape index (κ1) is 16.3. The number of alkyl halides is 1. The van der Waals surface area contributed by atoms with Crippen LogP contribution in [0.15, 0.2) is 18.2 Å². The van der Waals surface area contributed by atoms with Crippen molar-refractivity contribution in [3.63, 3.8) is 0 Å². The van der Waals surface area contributed by atoms with Gasteiger partial charge in [0.05, 0.1) is 13.0 Å². The number of carboxylic acid groups (broad SMARTS) is 1. The molecule has 1 amide bonds. The summed E-state index contributed by atoms with van der Waals surface area (Å²) in [5.41, 5.74) is 2.73. The highest BCUT2D eigenvalue weighted by molar-refractivity contribution is 5.96. The molecule has 2 rings (SSSR count). The van der Waals surface area contributed by atoms with Gasteiger partial charge in [0.15, 0.2) is 0 Å². The first-order valence-electron chi connectivity index (χ1n) is 7.52. The van der Waals surface area contributed by atoms with Gasteiger partial charge in [-0.2, -0.15) is 0 Å². The average molecular weight is 308 g/mol. The van der Waals surface area contributed by atoms with Gasteiger partial charge in [-0.25, -0.2) is 4.39 Å². The van der Waals surface area contributed by atoms with E-state index in [0.717, 1.165) is 16.9 Å². The number of amides is 1. The van der Waals surface area contributed by atoms with E-state index in [-0.39, 0.29) is 18.9 Å². The van der Waals surface area contributed by atoms with Crippen LogP contribution >= 0.6 is 0 Å². The van der Waals surface area contributed by atoms with Gasteiger partial charge in [-0.3, -0.25) is 9.59 Å². The summed E-state index contributed by atoms with van der Waals surface area (Å²) >= 11 is 0. The van der Waals surface area contributed by atoms with Crippen LogP contribution in [0.3, 0.4) is 0 Å². The van der Waals surface area contributed by atoms with E-state index in [0.29, 0.717) is 25.9 Å². The third kappa shape index (κ3) is 3.55. The van der Waals surface area contributed by atoms with Gasteiger partial charge in [-0.15, -0.1) is 0 Å². The fourth-order valence-electron chi connectivity index (χ4n) is 2.77. The lowest BCUT2D eigenvalue weighted by Crippen LogP contribution is -2.36. The molecule has 1 N–H and O–H groups in total. The Morgan fingerprint density at radius 2 is 2.18 bits per heavy atom. The van der Waals surface area contributed by atoms with Crippen LogP contribution in [-0.2, 0) is 16.0 Å². The van der Waals surface area contributed by atoms with Crippen LogP contribution in [0.5, 0.6) is 0 Å². The van der Waals surface area contributed by atoms with Crippen LogP contribution in [0.1, 0.15) is 25.3 Å². The molecule has 0 fully saturated rings. The van der Waals surface area contributed by atoms with E-state index in [2.05, 4.69) is 0 Å². The molecule has 0 unspecified atom stereocenters. The summed E-state index contributed by atoms with van der Waals surface area (Å²) in [6, 6.07) is 5.69. The number of carbonyl (C=O) groups is 2. The number of halogens is 1. The number of anilines is 2. The van der Waals surface area contributed by atoms with Crippen molar-refractivity contribution in [2.24, 2.45) is 0 Å². The van der Waals surface area contributed by atoms with Crippen molar-refractivity contribution in [1.82, 2.24) is 0 Å². The Bertz CT molecular complexity index is 562. The molecule has 0 saturated carbocycles. The zero-order valence-corrected chi connectivity index (χ0v) is 12.7. The van der Waals surface area contributed by atoms with E-state index in [1.807, 2.05) is 30.0 Å². The largest absolute Gasteiger partial charge is 0.481 e. The lowest BCUT2D eigenvalue weighted by molar-refractivity contribution is -0.136. The monoisotopic (exact) mass is 308 g/mol. The first-order valence-corrected chi connectivity index (χ1v) is 7.52. The maximum absolute atomic E-state index is 12.6. The number of rotatable bonds is 7. The van der Waals surface area contributed by atoms with Gasteiger partial charge in [0.1, 0.15) is 6.67 Å². The number of hydrogen-bond acceptors (Lipinski definition) is 3. The maximum atomic E-state index is 12.6. The van der Waals surface area contributed by atoms with Crippen molar-refractivity contribution in [3.05, 3.63) is 23.8 Å². The fraction of sp³-hybridized carbons (Fsp3) is 0.500. The summed E-state index contributed by atoms with van der Waals surface area (Å²) < 4.78 is 12.6. The third-order valence-corrected chi connectivity index (χ3v) is 3.91. The summed E-state index contributed by atoms with van der Waals surface area (Å²) in [5.74, 6) is -0.868. The van der Waals surface area contributed by atoms with Crippen LogP contribution in [0, 0.1) is 0 Å². The van der Waals surface area contributed by atoms with E-state index in [1.165, 1.54) is 4.90 Å². The van der Waals surface area contributed by atoms with Crippen LogP contribution in [0.4, 0.5) is 15.8 Å². The van der Waals surface area contributed by atoms with Gasteiger partial charge in [-0.1, -0.05) is 0 Å². The van der Waals surface area contributed by atoms with Crippen LogP contribution in [0.2, 0.25) is 0 Å². The molecule has 1 aliphatic heterocycles. The Morgan fingerprint density at radius 1 is 1.41 bits per heavy atom. The summed E-state index contributed by atoms with van der Waals surface area (Å²) in [6.07, 6.45) is 1.11. The van der Waals surface area contributed by atoms with E-state index >= 15 is 0 Å². The molecule has 1 aromatic carbocycles. The number of carboxylic acids is 1. The standard InChI is InChI=1S/C16H21FN2O3/c1-2-18(9-7-16(21)22)13-4-5-14-12(11-13)3-6-15(20)19(14)10-8-17/h4-5,11H,2-3,6-10H2,1H3,(H,21,22). The Morgan fingerprint density at radius 3 is 2.82 bits per heavy atom. The molecule has 0 aliphatic carbocycles. The van der Waals surface area contributed by atoms with Crippen LogP contribution in [0.25, 0.3) is 0 Å². The second-order valence-electron chi connectivity index (χ2n) is 5.27. The number of carbonyl (C=O) groups excluding carboxylic acids is 1. The zero-order chi connectivity index (χ0) is 16.1. The number of nitrogens with zero attached hydrogens (tertiary/aromatic N) is 2. The van der Waals surface area contributed by atoms with E-state index in [4.69, 9.17) is 5.11 Å². The summed E-state index contributed by atoms with van der Waals surface area (Å²) in [6.45, 7) is 2.64. The van der Waals surface area contributed by atoms with Crippen molar-refractivity contribution in [3.8, 4) is 0 Å². The third-order valence-electron chi connectivity index (χ3n) is 3.91. The summed E-state index contributed by atoms with van der Waals surface area (Å²) in [5, 5.41) is 8.81. The molecule has 0 atom stereocenters. The molecule has 1 aromatic rings.